The SMILES string of the molecule is COC(=O)c1cc(Br)c([N+](=O)[O-])[nH]1. The van der Waals surface area contributed by atoms with E-state index in [1.165, 1.54) is 13.2 Å². The number of carbonyl (C=O) groups is 1. The Morgan fingerprint density at radius 2 is 2.38 bits per heavy atom. The summed E-state index contributed by atoms with van der Waals surface area (Å²) in [6, 6.07) is 1.30. The highest BCUT2D eigenvalue weighted by atomic mass is 79.9. The van der Waals surface area contributed by atoms with Gasteiger partial charge in [-0.2, -0.15) is 0 Å². The number of esters is 1. The average molecular weight is 249 g/mol. The van der Waals surface area contributed by atoms with Crippen molar-refractivity contribution in [3.05, 3.63) is 26.3 Å². The summed E-state index contributed by atoms with van der Waals surface area (Å²) in [6.07, 6.45) is 0. The van der Waals surface area contributed by atoms with Gasteiger partial charge in [0, 0.05) is 6.07 Å². The third kappa shape index (κ3) is 1.86. The van der Waals surface area contributed by atoms with E-state index in [0.29, 0.717) is 0 Å². The van der Waals surface area contributed by atoms with Crippen LogP contribution in [0.5, 0.6) is 0 Å². The number of ether oxygens (including phenoxy) is 1. The van der Waals surface area contributed by atoms with E-state index in [2.05, 4.69) is 25.7 Å². The van der Waals surface area contributed by atoms with Crippen molar-refractivity contribution >= 4 is 27.7 Å². The van der Waals surface area contributed by atoms with E-state index in [4.69, 9.17) is 0 Å². The maximum atomic E-state index is 10.9. The van der Waals surface area contributed by atoms with Crippen molar-refractivity contribution in [3.8, 4) is 0 Å². The van der Waals surface area contributed by atoms with Gasteiger partial charge in [0.15, 0.2) is 0 Å². The van der Waals surface area contributed by atoms with E-state index in [1.54, 1.807) is 0 Å². The molecule has 0 saturated heterocycles. The van der Waals surface area contributed by atoms with Gasteiger partial charge >= 0.3 is 11.8 Å². The number of nitro groups is 1. The maximum Gasteiger partial charge on any atom is 0.378 e. The summed E-state index contributed by atoms with van der Waals surface area (Å²) in [5.41, 5.74) is 0.0427. The van der Waals surface area contributed by atoms with Crippen LogP contribution in [0.4, 0.5) is 5.82 Å². The molecule has 1 aromatic rings. The fourth-order valence-electron chi connectivity index (χ4n) is 0.771. The Labute approximate surface area is 81.2 Å². The van der Waals surface area contributed by atoms with Gasteiger partial charge < -0.3 is 14.9 Å². The molecule has 0 amide bonds. The van der Waals surface area contributed by atoms with Crippen LogP contribution in [0.3, 0.4) is 0 Å². The lowest BCUT2D eigenvalue weighted by Crippen LogP contribution is -2.01. The second kappa shape index (κ2) is 3.56. The number of aromatic nitrogens is 1. The minimum atomic E-state index is -0.645. The zero-order chi connectivity index (χ0) is 10.0. The fraction of sp³-hybridized carbons (Fsp3) is 0.167. The normalized spacial score (nSPS) is 9.69. The molecule has 0 spiro atoms. The number of methoxy groups -OCH3 is 1. The van der Waals surface area contributed by atoms with Crippen molar-refractivity contribution in [2.24, 2.45) is 0 Å². The second-order valence-electron chi connectivity index (χ2n) is 2.13. The Balaban J connectivity index is 3.09. The molecule has 7 heteroatoms. The monoisotopic (exact) mass is 248 g/mol. The molecule has 1 heterocycles. The van der Waals surface area contributed by atoms with E-state index < -0.39 is 10.9 Å². The Hall–Kier alpha value is -1.37. The number of rotatable bonds is 2. The summed E-state index contributed by atoms with van der Waals surface area (Å²) in [5.74, 6) is -0.908. The number of hydrogen-bond donors (Lipinski definition) is 1. The van der Waals surface area contributed by atoms with E-state index in [9.17, 15) is 14.9 Å². The zero-order valence-electron chi connectivity index (χ0n) is 6.54. The Morgan fingerprint density at radius 1 is 1.77 bits per heavy atom. The minimum Gasteiger partial charge on any atom is -0.463 e. The molecular weight excluding hydrogens is 244 g/mol. The summed E-state index contributed by atoms with van der Waals surface area (Å²) in [4.78, 5) is 22.9. The number of nitrogens with one attached hydrogen (secondary N) is 1. The number of aromatic amines is 1. The van der Waals surface area contributed by atoms with Crippen LogP contribution in [0.1, 0.15) is 10.5 Å². The van der Waals surface area contributed by atoms with Gasteiger partial charge in [0.05, 0.1) is 7.11 Å². The number of nitrogens with zero attached hydrogens (tertiary/aromatic N) is 1. The lowest BCUT2D eigenvalue weighted by Gasteiger charge is -1.90. The van der Waals surface area contributed by atoms with Gasteiger partial charge in [0.25, 0.3) is 0 Å². The van der Waals surface area contributed by atoms with Crippen molar-refractivity contribution < 1.29 is 14.5 Å². The van der Waals surface area contributed by atoms with Gasteiger partial charge in [-0.3, -0.25) is 0 Å². The first kappa shape index (κ1) is 9.72. The molecule has 1 N–H and O–H groups in total. The quantitative estimate of drug-likeness (QED) is 0.488. The van der Waals surface area contributed by atoms with Crippen LogP contribution >= 0.6 is 15.9 Å². The highest BCUT2D eigenvalue weighted by molar-refractivity contribution is 9.10. The first-order valence-corrected chi connectivity index (χ1v) is 3.96. The topological polar surface area (TPSA) is 85.2 Å². The highest BCUT2D eigenvalue weighted by Crippen LogP contribution is 2.24. The van der Waals surface area contributed by atoms with Crippen LogP contribution in [-0.2, 0) is 4.74 Å². The molecule has 13 heavy (non-hydrogen) atoms. The summed E-state index contributed by atoms with van der Waals surface area (Å²) in [6.45, 7) is 0. The van der Waals surface area contributed by atoms with Crippen molar-refractivity contribution in [1.29, 1.82) is 0 Å². The molecule has 0 radical (unpaired) electrons. The molecule has 0 unspecified atom stereocenters. The van der Waals surface area contributed by atoms with E-state index >= 15 is 0 Å². The fourth-order valence-corrected chi connectivity index (χ4v) is 1.24. The molecular formula is C6H5BrN2O4. The van der Waals surface area contributed by atoms with Gasteiger partial charge in [0.1, 0.15) is 4.47 Å². The molecule has 0 aliphatic heterocycles. The first-order valence-electron chi connectivity index (χ1n) is 3.17. The van der Waals surface area contributed by atoms with Crippen LogP contribution in [0.15, 0.2) is 10.5 Å². The summed E-state index contributed by atoms with van der Waals surface area (Å²) in [5, 5.41) is 10.3. The van der Waals surface area contributed by atoms with Crippen LogP contribution in [0.25, 0.3) is 0 Å². The van der Waals surface area contributed by atoms with Gasteiger partial charge in [-0.05, 0) is 20.9 Å². The number of carbonyl (C=O) groups excluding carboxylic acids is 1. The third-order valence-corrected chi connectivity index (χ3v) is 1.94. The molecule has 0 saturated carbocycles. The molecule has 0 atom stereocenters. The largest absolute Gasteiger partial charge is 0.463 e. The van der Waals surface area contributed by atoms with E-state index in [1.807, 2.05) is 0 Å². The van der Waals surface area contributed by atoms with Crippen molar-refractivity contribution in [1.82, 2.24) is 4.98 Å². The summed E-state index contributed by atoms with van der Waals surface area (Å²) >= 11 is 2.93. The molecule has 1 rings (SSSR count). The summed E-state index contributed by atoms with van der Waals surface area (Å²) in [7, 11) is 1.20. The van der Waals surface area contributed by atoms with Crippen molar-refractivity contribution in [3.63, 3.8) is 0 Å². The number of halogens is 1. The summed E-state index contributed by atoms with van der Waals surface area (Å²) < 4.78 is 4.59. The van der Waals surface area contributed by atoms with Crippen LogP contribution in [0.2, 0.25) is 0 Å². The van der Waals surface area contributed by atoms with Crippen LogP contribution in [-0.4, -0.2) is 23.0 Å². The number of H-pyrrole nitrogens is 1. The smallest absolute Gasteiger partial charge is 0.378 e. The predicted molar refractivity (Wildman–Crippen MR) is 46.5 cm³/mol. The van der Waals surface area contributed by atoms with Gasteiger partial charge in [-0.1, -0.05) is 0 Å². The lowest BCUT2D eigenvalue weighted by molar-refractivity contribution is -0.390. The van der Waals surface area contributed by atoms with Crippen LogP contribution < -0.4 is 0 Å². The molecule has 6 nitrogen and oxygen atoms in total. The molecule has 0 aromatic carbocycles. The van der Waals surface area contributed by atoms with E-state index in [-0.39, 0.29) is 16.0 Å². The first-order chi connectivity index (χ1) is 6.06. The third-order valence-electron chi connectivity index (χ3n) is 1.34. The van der Waals surface area contributed by atoms with Gasteiger partial charge in [0.2, 0.25) is 5.69 Å². The molecule has 0 aliphatic carbocycles. The van der Waals surface area contributed by atoms with Gasteiger partial charge in [-0.15, -0.1) is 0 Å². The predicted octanol–water partition coefficient (Wildman–Crippen LogP) is 1.47. The molecule has 0 bridgehead atoms. The van der Waals surface area contributed by atoms with Gasteiger partial charge in [-0.25, -0.2) is 9.78 Å². The second-order valence-corrected chi connectivity index (χ2v) is 2.98. The van der Waals surface area contributed by atoms with Crippen molar-refractivity contribution in [2.75, 3.05) is 7.11 Å². The number of hydrogen-bond acceptors (Lipinski definition) is 4. The highest BCUT2D eigenvalue weighted by Gasteiger charge is 2.20. The average Bonchev–Trinajstić information content (AvgIpc) is 2.46. The Morgan fingerprint density at radius 3 is 2.77 bits per heavy atom. The molecule has 0 aliphatic rings. The lowest BCUT2D eigenvalue weighted by atomic mass is 10.4. The Bertz CT molecular complexity index is 360. The standard InChI is InChI=1S/C6H5BrN2O4/c1-13-6(10)4-2-3(7)5(8-4)9(11)12/h2,8H,1H3. The molecule has 70 valence electrons. The maximum absolute atomic E-state index is 10.9. The van der Waals surface area contributed by atoms with E-state index in [0.717, 1.165) is 0 Å². The zero-order valence-corrected chi connectivity index (χ0v) is 8.12. The molecule has 1 aromatic heterocycles. The van der Waals surface area contributed by atoms with Crippen LogP contribution in [0, 0.1) is 10.1 Å². The van der Waals surface area contributed by atoms with Crippen molar-refractivity contribution in [2.45, 2.75) is 0 Å². The minimum absolute atomic E-state index is 0.0427. The Kier molecular flexibility index (Phi) is 2.66. The molecule has 0 fully saturated rings.